The largest absolute Gasteiger partial charge is 0.484 e. The highest BCUT2D eigenvalue weighted by molar-refractivity contribution is 7.80. The lowest BCUT2D eigenvalue weighted by Gasteiger charge is -2.06. The Balaban J connectivity index is 1.76. The van der Waals surface area contributed by atoms with E-state index in [1.807, 2.05) is 0 Å². The Bertz CT molecular complexity index is 583. The molecular formula is C12H12N4O3S. The SMILES string of the molecule is NC(=S)c1ccc(OCC(=O)NCc2ncon2)cc1. The molecule has 3 N–H and O–H groups in total. The van der Waals surface area contributed by atoms with E-state index in [1.54, 1.807) is 24.3 Å². The minimum Gasteiger partial charge on any atom is -0.484 e. The van der Waals surface area contributed by atoms with Crippen LogP contribution in [0.25, 0.3) is 0 Å². The zero-order valence-corrected chi connectivity index (χ0v) is 11.2. The summed E-state index contributed by atoms with van der Waals surface area (Å²) in [6, 6.07) is 6.85. The van der Waals surface area contributed by atoms with E-state index in [2.05, 4.69) is 20.0 Å². The van der Waals surface area contributed by atoms with E-state index in [-0.39, 0.29) is 19.1 Å². The van der Waals surface area contributed by atoms with Crippen LogP contribution in [0.15, 0.2) is 35.2 Å². The molecule has 1 aromatic heterocycles. The van der Waals surface area contributed by atoms with Gasteiger partial charge in [0.2, 0.25) is 6.39 Å². The van der Waals surface area contributed by atoms with E-state index in [0.29, 0.717) is 16.6 Å². The third-order valence-electron chi connectivity index (χ3n) is 2.36. The number of benzene rings is 1. The molecule has 7 nitrogen and oxygen atoms in total. The number of hydrogen-bond donors (Lipinski definition) is 2. The van der Waals surface area contributed by atoms with Crippen molar-refractivity contribution >= 4 is 23.1 Å². The number of aromatic nitrogens is 2. The second kappa shape index (κ2) is 6.62. The van der Waals surface area contributed by atoms with Gasteiger partial charge in [-0.2, -0.15) is 4.98 Å². The van der Waals surface area contributed by atoms with Crippen molar-refractivity contribution in [1.29, 1.82) is 0 Å². The van der Waals surface area contributed by atoms with E-state index in [0.717, 1.165) is 5.56 Å². The van der Waals surface area contributed by atoms with Crippen molar-refractivity contribution in [2.75, 3.05) is 6.61 Å². The van der Waals surface area contributed by atoms with Crippen molar-refractivity contribution in [3.05, 3.63) is 42.0 Å². The fourth-order valence-electron chi connectivity index (χ4n) is 1.36. The predicted octanol–water partition coefficient (Wildman–Crippen LogP) is 0.399. The molecule has 2 aromatic rings. The van der Waals surface area contributed by atoms with Crippen LogP contribution in [0, 0.1) is 0 Å². The quantitative estimate of drug-likeness (QED) is 0.743. The van der Waals surface area contributed by atoms with Gasteiger partial charge in [-0.15, -0.1) is 0 Å². The number of rotatable bonds is 6. The van der Waals surface area contributed by atoms with Gasteiger partial charge in [0, 0.05) is 5.56 Å². The molecule has 1 heterocycles. The minimum absolute atomic E-state index is 0.107. The molecule has 0 aliphatic carbocycles. The van der Waals surface area contributed by atoms with Crippen molar-refractivity contribution in [3.8, 4) is 5.75 Å². The molecule has 1 amide bonds. The number of nitrogens with one attached hydrogen (secondary N) is 1. The molecule has 1 aromatic carbocycles. The average Bonchev–Trinajstić information content (AvgIpc) is 2.96. The summed E-state index contributed by atoms with van der Waals surface area (Å²) in [5.41, 5.74) is 6.22. The van der Waals surface area contributed by atoms with Gasteiger partial charge in [0.25, 0.3) is 5.91 Å². The summed E-state index contributed by atoms with van der Waals surface area (Å²) in [5, 5.41) is 6.16. The highest BCUT2D eigenvalue weighted by atomic mass is 32.1. The second-order valence-electron chi connectivity index (χ2n) is 3.80. The second-order valence-corrected chi connectivity index (χ2v) is 4.24. The molecule has 2 rings (SSSR count). The number of thiocarbonyl (C=S) groups is 1. The van der Waals surface area contributed by atoms with E-state index >= 15 is 0 Å². The van der Waals surface area contributed by atoms with Gasteiger partial charge in [-0.05, 0) is 24.3 Å². The topological polar surface area (TPSA) is 103 Å². The maximum atomic E-state index is 11.5. The van der Waals surface area contributed by atoms with Crippen molar-refractivity contribution < 1.29 is 14.1 Å². The summed E-state index contributed by atoms with van der Waals surface area (Å²) >= 11 is 4.84. The van der Waals surface area contributed by atoms with Crippen molar-refractivity contribution in [1.82, 2.24) is 15.5 Å². The van der Waals surface area contributed by atoms with E-state index in [9.17, 15) is 4.79 Å². The third kappa shape index (κ3) is 4.02. The monoisotopic (exact) mass is 292 g/mol. The number of nitrogens with two attached hydrogens (primary N) is 1. The molecule has 0 spiro atoms. The summed E-state index contributed by atoms with van der Waals surface area (Å²) in [6.45, 7) is 0.0867. The summed E-state index contributed by atoms with van der Waals surface area (Å²) in [6.07, 6.45) is 1.20. The molecule has 0 bridgehead atoms. The first kappa shape index (κ1) is 13.9. The van der Waals surface area contributed by atoms with Crippen molar-refractivity contribution in [2.45, 2.75) is 6.54 Å². The average molecular weight is 292 g/mol. The molecule has 0 atom stereocenters. The van der Waals surface area contributed by atoms with Gasteiger partial charge in [-0.1, -0.05) is 17.4 Å². The smallest absolute Gasteiger partial charge is 0.258 e. The van der Waals surface area contributed by atoms with E-state index in [4.69, 9.17) is 22.7 Å². The van der Waals surface area contributed by atoms with Gasteiger partial charge in [-0.3, -0.25) is 4.79 Å². The first-order chi connectivity index (χ1) is 9.65. The Morgan fingerprint density at radius 1 is 1.40 bits per heavy atom. The molecule has 0 aliphatic rings. The first-order valence-corrected chi connectivity index (χ1v) is 6.10. The molecule has 104 valence electrons. The normalized spacial score (nSPS) is 10.0. The number of carbonyl (C=O) groups is 1. The highest BCUT2D eigenvalue weighted by Crippen LogP contribution is 2.11. The maximum Gasteiger partial charge on any atom is 0.258 e. The van der Waals surface area contributed by atoms with Crippen LogP contribution < -0.4 is 15.8 Å². The van der Waals surface area contributed by atoms with Gasteiger partial charge in [0.1, 0.15) is 10.7 Å². The minimum atomic E-state index is -0.284. The molecule has 0 saturated carbocycles. The molecule has 0 unspecified atom stereocenters. The predicted molar refractivity (Wildman–Crippen MR) is 74.0 cm³/mol. The third-order valence-corrected chi connectivity index (χ3v) is 2.60. The molecule has 0 fully saturated rings. The lowest BCUT2D eigenvalue weighted by Crippen LogP contribution is -2.28. The number of hydrogen-bond acceptors (Lipinski definition) is 6. The van der Waals surface area contributed by atoms with Crippen molar-refractivity contribution in [2.24, 2.45) is 5.73 Å². The van der Waals surface area contributed by atoms with Crippen LogP contribution in [0.5, 0.6) is 5.75 Å². The fraction of sp³-hybridized carbons (Fsp3) is 0.167. The van der Waals surface area contributed by atoms with Gasteiger partial charge < -0.3 is 20.3 Å². The highest BCUT2D eigenvalue weighted by Gasteiger charge is 2.05. The fourth-order valence-corrected chi connectivity index (χ4v) is 1.50. The van der Waals surface area contributed by atoms with Crippen LogP contribution in [-0.2, 0) is 11.3 Å². The van der Waals surface area contributed by atoms with Crippen LogP contribution in [-0.4, -0.2) is 27.6 Å². The van der Waals surface area contributed by atoms with Gasteiger partial charge in [0.15, 0.2) is 12.4 Å². The summed E-state index contributed by atoms with van der Waals surface area (Å²) < 4.78 is 9.85. The molecule has 0 radical (unpaired) electrons. The molecular weight excluding hydrogens is 280 g/mol. The Hall–Kier alpha value is -2.48. The Kier molecular flexibility index (Phi) is 4.61. The van der Waals surface area contributed by atoms with E-state index in [1.165, 1.54) is 6.39 Å². The molecule has 8 heteroatoms. The zero-order valence-electron chi connectivity index (χ0n) is 10.4. The van der Waals surface area contributed by atoms with Crippen LogP contribution in [0.2, 0.25) is 0 Å². The number of ether oxygens (including phenoxy) is 1. The zero-order chi connectivity index (χ0) is 14.4. The van der Waals surface area contributed by atoms with Gasteiger partial charge in [-0.25, -0.2) is 0 Å². The van der Waals surface area contributed by atoms with E-state index < -0.39 is 0 Å². The van der Waals surface area contributed by atoms with Crippen LogP contribution in [0.4, 0.5) is 0 Å². The van der Waals surface area contributed by atoms with Crippen molar-refractivity contribution in [3.63, 3.8) is 0 Å². The van der Waals surface area contributed by atoms with Crippen LogP contribution >= 0.6 is 12.2 Å². The lowest BCUT2D eigenvalue weighted by molar-refractivity contribution is -0.123. The number of nitrogens with zero attached hydrogens (tertiary/aromatic N) is 2. The number of amides is 1. The number of carbonyl (C=O) groups excluding carboxylic acids is 1. The van der Waals surface area contributed by atoms with Gasteiger partial charge in [0.05, 0.1) is 6.54 Å². The molecule has 0 saturated heterocycles. The first-order valence-electron chi connectivity index (χ1n) is 5.70. The molecule has 20 heavy (non-hydrogen) atoms. The molecule has 0 aliphatic heterocycles. The standard InChI is InChI=1S/C12H12N4O3S/c13-12(20)8-1-3-9(4-2-8)18-6-11(17)14-5-10-15-7-19-16-10/h1-4,7H,5-6H2,(H2,13,20)(H,14,17). The van der Waals surface area contributed by atoms with Gasteiger partial charge >= 0.3 is 0 Å². The lowest BCUT2D eigenvalue weighted by atomic mass is 10.2. The maximum absolute atomic E-state index is 11.5. The van der Waals surface area contributed by atoms with Crippen LogP contribution in [0.3, 0.4) is 0 Å². The summed E-state index contributed by atoms with van der Waals surface area (Å²) in [4.78, 5) is 15.6. The summed E-state index contributed by atoms with van der Waals surface area (Å²) in [7, 11) is 0. The Morgan fingerprint density at radius 2 is 2.15 bits per heavy atom. The Labute approximate surface area is 120 Å². The summed E-state index contributed by atoms with van der Waals surface area (Å²) in [5.74, 6) is 0.673. The Morgan fingerprint density at radius 3 is 2.75 bits per heavy atom. The van der Waals surface area contributed by atoms with Crippen LogP contribution in [0.1, 0.15) is 11.4 Å².